The summed E-state index contributed by atoms with van der Waals surface area (Å²) in [5.74, 6) is -0.157. The summed E-state index contributed by atoms with van der Waals surface area (Å²) in [6.07, 6.45) is 1.54. The fraction of sp³-hybridized carbons (Fsp3) is 0.120. The van der Waals surface area contributed by atoms with E-state index in [1.165, 1.54) is 6.07 Å². The lowest BCUT2D eigenvalue weighted by Crippen LogP contribution is -2.13. The van der Waals surface area contributed by atoms with Crippen LogP contribution in [0, 0.1) is 38.1 Å². The van der Waals surface area contributed by atoms with Gasteiger partial charge in [0.15, 0.2) is 0 Å². The molecule has 3 aromatic carbocycles. The zero-order valence-electron chi connectivity index (χ0n) is 17.4. The van der Waals surface area contributed by atoms with Gasteiger partial charge in [0, 0.05) is 11.3 Å². The van der Waals surface area contributed by atoms with Crippen LogP contribution in [0.25, 0.3) is 6.08 Å². The van der Waals surface area contributed by atoms with E-state index in [0.717, 1.165) is 18.3 Å². The Morgan fingerprint density at radius 2 is 1.78 bits per heavy atom. The van der Waals surface area contributed by atoms with Gasteiger partial charge in [-0.05, 0) is 112 Å². The normalized spacial score (nSPS) is 11.1. The lowest BCUT2D eigenvalue weighted by atomic mass is 10.1. The Balaban J connectivity index is 1.78. The van der Waals surface area contributed by atoms with Crippen molar-refractivity contribution < 1.29 is 13.9 Å². The first-order valence-corrected chi connectivity index (χ1v) is 11.8. The molecule has 1 amide bonds. The van der Waals surface area contributed by atoms with Crippen molar-refractivity contribution in [3.63, 3.8) is 0 Å². The summed E-state index contributed by atoms with van der Waals surface area (Å²) in [5, 5.41) is 12.3. The summed E-state index contributed by atoms with van der Waals surface area (Å²) in [6.45, 7) is 4.07. The van der Waals surface area contributed by atoms with Crippen LogP contribution in [0.2, 0.25) is 0 Å². The molecule has 0 radical (unpaired) electrons. The number of nitrogens with zero attached hydrogens (tertiary/aromatic N) is 1. The van der Waals surface area contributed by atoms with Crippen LogP contribution < -0.4 is 10.1 Å². The van der Waals surface area contributed by atoms with Crippen molar-refractivity contribution >= 4 is 62.9 Å². The Labute approximate surface area is 213 Å². The van der Waals surface area contributed by atoms with Crippen LogP contribution in [0.1, 0.15) is 22.3 Å². The van der Waals surface area contributed by atoms with Crippen molar-refractivity contribution in [1.29, 1.82) is 5.26 Å². The van der Waals surface area contributed by atoms with E-state index in [9.17, 15) is 14.4 Å². The molecule has 0 spiro atoms. The zero-order valence-corrected chi connectivity index (χ0v) is 21.7. The number of carbonyl (C=O) groups is 1. The molecule has 3 rings (SSSR count). The molecule has 0 unspecified atom stereocenters. The van der Waals surface area contributed by atoms with Crippen LogP contribution in [-0.4, -0.2) is 5.91 Å². The minimum absolute atomic E-state index is 0.00477. The Kier molecular flexibility index (Phi) is 8.26. The topological polar surface area (TPSA) is 62.1 Å². The highest BCUT2D eigenvalue weighted by molar-refractivity contribution is 14.1. The van der Waals surface area contributed by atoms with Gasteiger partial charge < -0.3 is 10.1 Å². The molecule has 0 fully saturated rings. The summed E-state index contributed by atoms with van der Waals surface area (Å²) in [7, 11) is 0. The van der Waals surface area contributed by atoms with Crippen LogP contribution in [-0.2, 0) is 11.4 Å². The Morgan fingerprint density at radius 1 is 1.09 bits per heavy atom. The molecule has 0 aromatic heterocycles. The Hall–Kier alpha value is -2.45. The van der Waals surface area contributed by atoms with Crippen LogP contribution in [0.15, 0.2) is 60.2 Å². The van der Waals surface area contributed by atoms with Gasteiger partial charge in [0.25, 0.3) is 5.91 Å². The number of aryl methyl sites for hydroxylation is 2. The fourth-order valence-corrected chi connectivity index (χ4v) is 5.03. The molecule has 0 heterocycles. The Bertz CT molecular complexity index is 1230. The molecule has 0 bridgehead atoms. The smallest absolute Gasteiger partial charge is 0.266 e. The van der Waals surface area contributed by atoms with E-state index in [2.05, 4.69) is 50.5 Å². The summed E-state index contributed by atoms with van der Waals surface area (Å²) in [6, 6.07) is 17.7. The minimum Gasteiger partial charge on any atom is -0.487 e. The number of anilines is 1. The molecule has 1 N–H and O–H groups in total. The molecule has 3 aromatic rings. The molecule has 32 heavy (non-hydrogen) atoms. The largest absolute Gasteiger partial charge is 0.487 e. The predicted octanol–water partition coefficient (Wildman–Crippen LogP) is 6.78. The molecule has 0 atom stereocenters. The minimum atomic E-state index is -0.472. The number of amides is 1. The molecule has 0 aliphatic heterocycles. The molecule has 0 aliphatic carbocycles. The van der Waals surface area contributed by atoms with Crippen LogP contribution >= 0.6 is 45.2 Å². The summed E-state index contributed by atoms with van der Waals surface area (Å²) >= 11 is 4.26. The molecular weight excluding hydrogens is 633 g/mol. The molecule has 0 saturated carbocycles. The maximum atomic E-state index is 13.9. The predicted molar refractivity (Wildman–Crippen MR) is 141 cm³/mol. The molecule has 0 saturated heterocycles. The third kappa shape index (κ3) is 6.07. The number of ether oxygens (including phenoxy) is 1. The van der Waals surface area contributed by atoms with Crippen molar-refractivity contribution in [2.45, 2.75) is 20.5 Å². The van der Waals surface area contributed by atoms with Gasteiger partial charge in [-0.1, -0.05) is 24.3 Å². The molecule has 7 heteroatoms. The average Bonchev–Trinajstić information content (AvgIpc) is 2.75. The average molecular weight is 652 g/mol. The second-order valence-electron chi connectivity index (χ2n) is 7.12. The number of rotatable bonds is 6. The van der Waals surface area contributed by atoms with Crippen molar-refractivity contribution in [1.82, 2.24) is 0 Å². The first kappa shape index (κ1) is 24.2. The number of carbonyl (C=O) groups excluding carboxylic acids is 1. The molecular formula is C25H19FI2N2O2. The van der Waals surface area contributed by atoms with Gasteiger partial charge in [0.2, 0.25) is 0 Å². The second kappa shape index (κ2) is 10.9. The monoisotopic (exact) mass is 652 g/mol. The first-order chi connectivity index (χ1) is 15.3. The van der Waals surface area contributed by atoms with E-state index in [1.807, 2.05) is 50.2 Å². The number of nitrogens with one attached hydrogen (secondary N) is 1. The van der Waals surface area contributed by atoms with Crippen molar-refractivity contribution in [3.8, 4) is 11.8 Å². The summed E-state index contributed by atoms with van der Waals surface area (Å²) in [5.41, 5.74) is 3.98. The van der Waals surface area contributed by atoms with Gasteiger partial charge >= 0.3 is 0 Å². The molecule has 162 valence electrons. The third-order valence-corrected chi connectivity index (χ3v) is 6.39. The van der Waals surface area contributed by atoms with Gasteiger partial charge in [0.05, 0.1) is 7.14 Å². The number of hydrogen-bond donors (Lipinski definition) is 1. The molecule has 4 nitrogen and oxygen atoms in total. The second-order valence-corrected chi connectivity index (χ2v) is 9.44. The SMILES string of the molecule is Cc1ccc(NC(=O)/C(C#N)=C/c2cc(I)c(OCc3ccccc3F)c(I)c2)cc1C. The van der Waals surface area contributed by atoms with Gasteiger partial charge in [-0.3, -0.25) is 4.79 Å². The first-order valence-electron chi connectivity index (χ1n) is 9.64. The number of nitriles is 1. The quantitative estimate of drug-likeness (QED) is 0.182. The molecule has 0 aliphatic rings. The van der Waals surface area contributed by atoms with E-state index in [4.69, 9.17) is 4.74 Å². The summed E-state index contributed by atoms with van der Waals surface area (Å²) in [4.78, 5) is 12.6. The fourth-order valence-electron chi connectivity index (χ4n) is 2.90. The number of hydrogen-bond acceptors (Lipinski definition) is 3. The number of benzene rings is 3. The van der Waals surface area contributed by atoms with Crippen LogP contribution in [0.3, 0.4) is 0 Å². The highest BCUT2D eigenvalue weighted by Gasteiger charge is 2.13. The van der Waals surface area contributed by atoms with E-state index in [1.54, 1.807) is 24.3 Å². The van der Waals surface area contributed by atoms with Gasteiger partial charge in [-0.15, -0.1) is 0 Å². The highest BCUT2D eigenvalue weighted by Crippen LogP contribution is 2.31. The summed E-state index contributed by atoms with van der Waals surface area (Å²) < 4.78 is 21.3. The van der Waals surface area contributed by atoms with E-state index in [0.29, 0.717) is 22.6 Å². The van der Waals surface area contributed by atoms with Gasteiger partial charge in [-0.2, -0.15) is 5.26 Å². The van der Waals surface area contributed by atoms with E-state index in [-0.39, 0.29) is 18.0 Å². The van der Waals surface area contributed by atoms with Crippen molar-refractivity contribution in [2.75, 3.05) is 5.32 Å². The number of halogens is 3. The lowest BCUT2D eigenvalue weighted by Gasteiger charge is -2.12. The van der Waals surface area contributed by atoms with E-state index >= 15 is 0 Å². The van der Waals surface area contributed by atoms with Crippen molar-refractivity contribution in [2.24, 2.45) is 0 Å². The van der Waals surface area contributed by atoms with E-state index < -0.39 is 5.91 Å². The highest BCUT2D eigenvalue weighted by atomic mass is 127. The third-order valence-electron chi connectivity index (χ3n) is 4.79. The van der Waals surface area contributed by atoms with Crippen LogP contribution in [0.4, 0.5) is 10.1 Å². The van der Waals surface area contributed by atoms with Gasteiger partial charge in [-0.25, -0.2) is 4.39 Å². The lowest BCUT2D eigenvalue weighted by molar-refractivity contribution is -0.112. The van der Waals surface area contributed by atoms with Crippen molar-refractivity contribution in [3.05, 3.63) is 95.4 Å². The van der Waals surface area contributed by atoms with Gasteiger partial charge in [0.1, 0.15) is 29.8 Å². The maximum absolute atomic E-state index is 13.9. The van der Waals surface area contributed by atoms with Crippen LogP contribution in [0.5, 0.6) is 5.75 Å². The zero-order chi connectivity index (χ0) is 23.3. The Morgan fingerprint density at radius 3 is 2.41 bits per heavy atom. The maximum Gasteiger partial charge on any atom is 0.266 e. The standard InChI is InChI=1S/C25H19FI2N2O2/c1-15-7-8-20(9-16(15)2)30-25(31)19(13-29)10-17-11-22(27)24(23(28)12-17)32-14-18-5-3-4-6-21(18)26/h3-12H,14H2,1-2H3,(H,30,31)/b19-10+.